The third-order valence-electron chi connectivity index (χ3n) is 3.06. The predicted molar refractivity (Wildman–Crippen MR) is 78.5 cm³/mol. The molecule has 0 saturated heterocycles. The second kappa shape index (κ2) is 6.84. The summed E-state index contributed by atoms with van der Waals surface area (Å²) in [6.07, 6.45) is 0. The smallest absolute Gasteiger partial charge is 0.264 e. The van der Waals surface area contributed by atoms with Gasteiger partial charge in [-0.1, -0.05) is 18.3 Å². The fourth-order valence-corrected chi connectivity index (χ4v) is 4.17. The Bertz CT molecular complexity index is 664. The number of hydroxylamine groups is 1. The Hall–Kier alpha value is -1.00. The van der Waals surface area contributed by atoms with Crippen molar-refractivity contribution in [1.82, 2.24) is 8.77 Å². The normalized spacial score (nSPS) is 13.0. The monoisotopic (exact) mass is 336 g/mol. The number of hydrogen-bond acceptors (Lipinski definition) is 5. The van der Waals surface area contributed by atoms with Crippen LogP contribution < -0.4 is 0 Å². The topological polar surface area (TPSA) is 84.0 Å². The summed E-state index contributed by atoms with van der Waals surface area (Å²) < 4.78 is 50.6. The molecule has 0 aliphatic heterocycles. The highest BCUT2D eigenvalue weighted by Crippen LogP contribution is 2.20. The van der Waals surface area contributed by atoms with Crippen LogP contribution in [0.5, 0.6) is 0 Å². The average molecular weight is 336 g/mol. The summed E-state index contributed by atoms with van der Waals surface area (Å²) in [4.78, 5) is 4.68. The van der Waals surface area contributed by atoms with Crippen LogP contribution in [0.15, 0.2) is 34.1 Å². The van der Waals surface area contributed by atoms with Crippen LogP contribution in [0.2, 0.25) is 0 Å². The minimum Gasteiger partial charge on any atom is -0.288 e. The van der Waals surface area contributed by atoms with Gasteiger partial charge in [0.25, 0.3) is 10.0 Å². The summed E-state index contributed by atoms with van der Waals surface area (Å²) in [6, 6.07) is 5.07. The standard InChI is InChI=1S/C12H20N2O5S2/c1-5-14(6-2)21(17,18)12-9-7-11(8-10-12)20(15,16)13(3)19-4/h7-10H,5-6H2,1-4H3. The zero-order valence-corrected chi connectivity index (χ0v) is 14.1. The fourth-order valence-electron chi connectivity index (χ4n) is 1.74. The van der Waals surface area contributed by atoms with E-state index in [0.717, 1.165) is 0 Å². The van der Waals surface area contributed by atoms with Crippen molar-refractivity contribution in [2.75, 3.05) is 27.2 Å². The largest absolute Gasteiger partial charge is 0.288 e. The molecule has 0 aromatic heterocycles. The van der Waals surface area contributed by atoms with Gasteiger partial charge >= 0.3 is 0 Å². The minimum absolute atomic E-state index is 0.0367. The first-order valence-corrected chi connectivity index (χ1v) is 9.23. The van der Waals surface area contributed by atoms with Crippen molar-refractivity contribution in [1.29, 1.82) is 0 Å². The molecule has 0 fully saturated rings. The Labute approximate surface area is 126 Å². The SMILES string of the molecule is CCN(CC)S(=O)(=O)c1ccc(S(=O)(=O)N(C)OC)cc1. The first kappa shape index (κ1) is 18.1. The molecule has 0 saturated carbocycles. The first-order valence-electron chi connectivity index (χ1n) is 6.35. The van der Waals surface area contributed by atoms with E-state index < -0.39 is 20.0 Å². The van der Waals surface area contributed by atoms with Crippen LogP contribution in [0.1, 0.15) is 13.8 Å². The summed E-state index contributed by atoms with van der Waals surface area (Å²) in [7, 11) is -4.88. The molecule has 0 radical (unpaired) electrons. The Kier molecular flexibility index (Phi) is 5.88. The highest BCUT2D eigenvalue weighted by molar-refractivity contribution is 7.89. The second-order valence-electron chi connectivity index (χ2n) is 4.16. The zero-order valence-electron chi connectivity index (χ0n) is 12.5. The van der Waals surface area contributed by atoms with Gasteiger partial charge in [0.15, 0.2) is 0 Å². The minimum atomic E-state index is -3.78. The molecule has 1 aromatic carbocycles. The third kappa shape index (κ3) is 3.61. The average Bonchev–Trinajstić information content (AvgIpc) is 2.47. The summed E-state index contributed by atoms with van der Waals surface area (Å²) in [5.74, 6) is 0. The van der Waals surface area contributed by atoms with Gasteiger partial charge in [-0.15, -0.1) is 0 Å². The molecule has 120 valence electrons. The number of benzene rings is 1. The maximum atomic E-state index is 12.3. The molecule has 0 N–H and O–H groups in total. The molecule has 0 amide bonds. The molecule has 0 bridgehead atoms. The van der Waals surface area contributed by atoms with Crippen LogP contribution >= 0.6 is 0 Å². The van der Waals surface area contributed by atoms with Gasteiger partial charge in [0.2, 0.25) is 10.0 Å². The van der Waals surface area contributed by atoms with E-state index in [1.807, 2.05) is 0 Å². The number of hydrogen-bond donors (Lipinski definition) is 0. The highest BCUT2D eigenvalue weighted by atomic mass is 32.2. The van der Waals surface area contributed by atoms with Crippen LogP contribution in [0, 0.1) is 0 Å². The van der Waals surface area contributed by atoms with Crippen LogP contribution in [0.3, 0.4) is 0 Å². The lowest BCUT2D eigenvalue weighted by molar-refractivity contribution is -0.0258. The quantitative estimate of drug-likeness (QED) is 0.691. The fraction of sp³-hybridized carbons (Fsp3) is 0.500. The van der Waals surface area contributed by atoms with Crippen molar-refractivity contribution in [3.63, 3.8) is 0 Å². The van der Waals surface area contributed by atoms with E-state index >= 15 is 0 Å². The second-order valence-corrected chi connectivity index (χ2v) is 8.03. The van der Waals surface area contributed by atoms with Crippen molar-refractivity contribution < 1.29 is 21.7 Å². The number of nitrogens with zero attached hydrogens (tertiary/aromatic N) is 2. The van der Waals surface area contributed by atoms with Gasteiger partial charge in [0.1, 0.15) is 0 Å². The van der Waals surface area contributed by atoms with Gasteiger partial charge in [-0.2, -0.15) is 4.31 Å². The molecule has 21 heavy (non-hydrogen) atoms. The molecule has 0 heterocycles. The first-order chi connectivity index (χ1) is 9.71. The summed E-state index contributed by atoms with van der Waals surface area (Å²) in [5.41, 5.74) is 0. The lowest BCUT2D eigenvalue weighted by atomic mass is 10.4. The van der Waals surface area contributed by atoms with E-state index in [0.29, 0.717) is 17.6 Å². The van der Waals surface area contributed by atoms with Crippen molar-refractivity contribution in [2.24, 2.45) is 0 Å². The van der Waals surface area contributed by atoms with E-state index in [2.05, 4.69) is 4.84 Å². The number of sulfonamides is 2. The molecule has 0 unspecified atom stereocenters. The van der Waals surface area contributed by atoms with Crippen LogP contribution in [-0.4, -0.2) is 52.9 Å². The lowest BCUT2D eigenvalue weighted by Crippen LogP contribution is -2.30. The van der Waals surface area contributed by atoms with Crippen molar-refractivity contribution in [3.05, 3.63) is 24.3 Å². The molecule has 1 aromatic rings. The van der Waals surface area contributed by atoms with Crippen molar-refractivity contribution >= 4 is 20.0 Å². The predicted octanol–water partition coefficient (Wildman–Crippen LogP) is 0.899. The Morgan fingerprint density at radius 1 is 0.905 bits per heavy atom. The molecule has 7 nitrogen and oxygen atoms in total. The molecule has 0 atom stereocenters. The molecule has 0 aliphatic carbocycles. The number of rotatable bonds is 7. The third-order valence-corrected chi connectivity index (χ3v) is 6.82. The van der Waals surface area contributed by atoms with E-state index in [1.54, 1.807) is 13.8 Å². The Morgan fingerprint density at radius 2 is 1.29 bits per heavy atom. The molecule has 0 spiro atoms. The maximum Gasteiger partial charge on any atom is 0.264 e. The van der Waals surface area contributed by atoms with E-state index in [9.17, 15) is 16.8 Å². The summed E-state index contributed by atoms with van der Waals surface area (Å²) in [5, 5.41) is 0. The van der Waals surface area contributed by atoms with Gasteiger partial charge in [0, 0.05) is 20.1 Å². The van der Waals surface area contributed by atoms with E-state index in [1.165, 1.54) is 42.7 Å². The maximum absolute atomic E-state index is 12.3. The Morgan fingerprint density at radius 3 is 1.62 bits per heavy atom. The molecule has 0 aliphatic rings. The van der Waals surface area contributed by atoms with Crippen LogP contribution in [-0.2, 0) is 24.9 Å². The molecule has 1 rings (SSSR count). The molecule has 9 heteroatoms. The zero-order chi connectivity index (χ0) is 16.3. The van der Waals surface area contributed by atoms with E-state index in [4.69, 9.17) is 0 Å². The summed E-state index contributed by atoms with van der Waals surface area (Å²) in [6.45, 7) is 4.19. The van der Waals surface area contributed by atoms with Crippen LogP contribution in [0.25, 0.3) is 0 Å². The van der Waals surface area contributed by atoms with E-state index in [-0.39, 0.29) is 9.79 Å². The molecular formula is C12H20N2O5S2. The van der Waals surface area contributed by atoms with Gasteiger partial charge in [-0.05, 0) is 24.3 Å². The van der Waals surface area contributed by atoms with Crippen molar-refractivity contribution in [2.45, 2.75) is 23.6 Å². The van der Waals surface area contributed by atoms with Gasteiger partial charge in [0.05, 0.1) is 16.9 Å². The van der Waals surface area contributed by atoms with Crippen LogP contribution in [0.4, 0.5) is 0 Å². The Balaban J connectivity index is 3.20. The molecular weight excluding hydrogens is 316 g/mol. The highest BCUT2D eigenvalue weighted by Gasteiger charge is 2.24. The van der Waals surface area contributed by atoms with Gasteiger partial charge < -0.3 is 0 Å². The van der Waals surface area contributed by atoms with Gasteiger partial charge in [-0.25, -0.2) is 16.8 Å². The van der Waals surface area contributed by atoms with Gasteiger partial charge in [-0.3, -0.25) is 4.84 Å². The summed E-state index contributed by atoms with van der Waals surface area (Å²) >= 11 is 0. The lowest BCUT2D eigenvalue weighted by Gasteiger charge is -2.19. The van der Waals surface area contributed by atoms with Crippen molar-refractivity contribution in [3.8, 4) is 0 Å².